The lowest BCUT2D eigenvalue weighted by atomic mass is 10.1. The van der Waals surface area contributed by atoms with E-state index in [9.17, 15) is 0 Å². The molecule has 1 fully saturated rings. The van der Waals surface area contributed by atoms with Gasteiger partial charge in [-0.05, 0) is 18.1 Å². The van der Waals surface area contributed by atoms with Crippen molar-refractivity contribution < 1.29 is 0 Å². The molecule has 4 heteroatoms. The highest BCUT2D eigenvalue weighted by Gasteiger charge is 2.11. The third kappa shape index (κ3) is 3.41. The van der Waals surface area contributed by atoms with Crippen molar-refractivity contribution in [3.05, 3.63) is 23.9 Å². The second-order valence-electron chi connectivity index (χ2n) is 4.72. The average molecular weight is 234 g/mol. The van der Waals surface area contributed by atoms with Crippen LogP contribution in [0, 0.1) is 0 Å². The molecule has 17 heavy (non-hydrogen) atoms. The molecule has 1 saturated heterocycles. The molecule has 4 nitrogen and oxygen atoms in total. The molecule has 0 spiro atoms. The van der Waals surface area contributed by atoms with Crippen molar-refractivity contribution in [2.24, 2.45) is 0 Å². The Labute approximate surface area is 104 Å². The van der Waals surface area contributed by atoms with Gasteiger partial charge in [0.2, 0.25) is 0 Å². The zero-order chi connectivity index (χ0) is 12.1. The summed E-state index contributed by atoms with van der Waals surface area (Å²) in [4.78, 5) is 9.04. The SMILES string of the molecule is CN(C)c1ncccc1CCN1CCNCC1. The van der Waals surface area contributed by atoms with Crippen molar-refractivity contribution in [2.75, 3.05) is 51.7 Å². The van der Waals surface area contributed by atoms with Crippen LogP contribution in [-0.2, 0) is 6.42 Å². The van der Waals surface area contributed by atoms with Crippen molar-refractivity contribution in [3.8, 4) is 0 Å². The molecule has 1 aliphatic heterocycles. The lowest BCUT2D eigenvalue weighted by Crippen LogP contribution is -2.44. The fourth-order valence-corrected chi connectivity index (χ4v) is 2.24. The van der Waals surface area contributed by atoms with Crippen molar-refractivity contribution in [2.45, 2.75) is 6.42 Å². The Balaban J connectivity index is 1.93. The molecular formula is C13H22N4. The first-order valence-electron chi connectivity index (χ1n) is 6.31. The van der Waals surface area contributed by atoms with E-state index in [-0.39, 0.29) is 0 Å². The van der Waals surface area contributed by atoms with Gasteiger partial charge in [-0.1, -0.05) is 6.07 Å². The van der Waals surface area contributed by atoms with Gasteiger partial charge in [0.1, 0.15) is 5.82 Å². The maximum atomic E-state index is 4.44. The van der Waals surface area contributed by atoms with Crippen LogP contribution in [0.3, 0.4) is 0 Å². The first-order chi connectivity index (χ1) is 8.27. The quantitative estimate of drug-likeness (QED) is 0.826. The molecular weight excluding hydrogens is 212 g/mol. The maximum Gasteiger partial charge on any atom is 0.131 e. The van der Waals surface area contributed by atoms with E-state index in [2.05, 4.69) is 40.3 Å². The smallest absolute Gasteiger partial charge is 0.131 e. The third-order valence-corrected chi connectivity index (χ3v) is 3.20. The molecule has 0 unspecified atom stereocenters. The van der Waals surface area contributed by atoms with E-state index in [0.29, 0.717) is 0 Å². The van der Waals surface area contributed by atoms with Gasteiger partial charge in [-0.15, -0.1) is 0 Å². The number of pyridine rings is 1. The fourth-order valence-electron chi connectivity index (χ4n) is 2.24. The van der Waals surface area contributed by atoms with Gasteiger partial charge in [0.15, 0.2) is 0 Å². The molecule has 94 valence electrons. The van der Waals surface area contributed by atoms with Gasteiger partial charge in [-0.25, -0.2) is 4.98 Å². The van der Waals surface area contributed by atoms with Gasteiger partial charge in [0.25, 0.3) is 0 Å². The number of rotatable bonds is 4. The number of nitrogens with one attached hydrogen (secondary N) is 1. The summed E-state index contributed by atoms with van der Waals surface area (Å²) in [6.45, 7) is 5.70. The molecule has 1 aromatic rings. The van der Waals surface area contributed by atoms with Crippen LogP contribution in [0.4, 0.5) is 5.82 Å². The summed E-state index contributed by atoms with van der Waals surface area (Å²) < 4.78 is 0. The highest BCUT2D eigenvalue weighted by atomic mass is 15.2. The number of piperazine rings is 1. The Kier molecular flexibility index (Phi) is 4.34. The summed E-state index contributed by atoms with van der Waals surface area (Å²) in [6, 6.07) is 4.21. The number of hydrogen-bond acceptors (Lipinski definition) is 4. The highest BCUT2D eigenvalue weighted by molar-refractivity contribution is 5.45. The molecule has 1 N–H and O–H groups in total. The second-order valence-corrected chi connectivity index (χ2v) is 4.72. The van der Waals surface area contributed by atoms with Gasteiger partial charge in [-0.2, -0.15) is 0 Å². The van der Waals surface area contributed by atoms with Gasteiger partial charge >= 0.3 is 0 Å². The number of nitrogens with zero attached hydrogens (tertiary/aromatic N) is 3. The summed E-state index contributed by atoms with van der Waals surface area (Å²) in [7, 11) is 4.10. The Morgan fingerprint density at radius 1 is 1.35 bits per heavy atom. The van der Waals surface area contributed by atoms with E-state index < -0.39 is 0 Å². The van der Waals surface area contributed by atoms with E-state index in [1.807, 2.05) is 12.3 Å². The van der Waals surface area contributed by atoms with Crippen molar-refractivity contribution in [1.82, 2.24) is 15.2 Å². The molecule has 0 aromatic carbocycles. The van der Waals surface area contributed by atoms with E-state index in [1.54, 1.807) is 0 Å². The van der Waals surface area contributed by atoms with Crippen LogP contribution in [0.5, 0.6) is 0 Å². The maximum absolute atomic E-state index is 4.44. The van der Waals surface area contributed by atoms with Crippen LogP contribution in [-0.4, -0.2) is 56.7 Å². The topological polar surface area (TPSA) is 31.4 Å². The van der Waals surface area contributed by atoms with Crippen LogP contribution < -0.4 is 10.2 Å². The molecule has 2 rings (SSSR count). The van der Waals surface area contributed by atoms with Crippen molar-refractivity contribution in [1.29, 1.82) is 0 Å². The normalized spacial score (nSPS) is 17.1. The second kappa shape index (κ2) is 5.98. The number of hydrogen-bond donors (Lipinski definition) is 1. The zero-order valence-corrected chi connectivity index (χ0v) is 10.8. The van der Waals surface area contributed by atoms with Crippen molar-refractivity contribution >= 4 is 5.82 Å². The van der Waals surface area contributed by atoms with Crippen molar-refractivity contribution in [3.63, 3.8) is 0 Å². The molecule has 0 bridgehead atoms. The highest BCUT2D eigenvalue weighted by Crippen LogP contribution is 2.15. The van der Waals surface area contributed by atoms with Crippen LogP contribution in [0.25, 0.3) is 0 Å². The summed E-state index contributed by atoms with van der Waals surface area (Å²) >= 11 is 0. The molecule has 1 aliphatic rings. The molecule has 2 heterocycles. The van der Waals surface area contributed by atoms with Crippen LogP contribution >= 0.6 is 0 Å². The summed E-state index contributed by atoms with van der Waals surface area (Å²) in [5.74, 6) is 1.10. The molecule has 1 aromatic heterocycles. The van der Waals surface area contributed by atoms with Crippen LogP contribution in [0.15, 0.2) is 18.3 Å². The molecule has 0 saturated carbocycles. The molecule has 0 amide bonds. The van der Waals surface area contributed by atoms with Crippen LogP contribution in [0.2, 0.25) is 0 Å². The van der Waals surface area contributed by atoms with Gasteiger partial charge in [0.05, 0.1) is 0 Å². The third-order valence-electron chi connectivity index (χ3n) is 3.20. The van der Waals surface area contributed by atoms with E-state index in [0.717, 1.165) is 45.0 Å². The molecule has 0 atom stereocenters. The standard InChI is InChI=1S/C13H22N4/c1-16(2)13-12(4-3-6-15-13)5-9-17-10-7-14-8-11-17/h3-4,6,14H,5,7-11H2,1-2H3. The summed E-state index contributed by atoms with van der Waals surface area (Å²) in [5, 5.41) is 3.38. The van der Waals surface area contributed by atoms with Gasteiger partial charge in [-0.3, -0.25) is 0 Å². The first-order valence-corrected chi connectivity index (χ1v) is 6.31. The largest absolute Gasteiger partial charge is 0.363 e. The first kappa shape index (κ1) is 12.3. The zero-order valence-electron chi connectivity index (χ0n) is 10.8. The fraction of sp³-hybridized carbons (Fsp3) is 0.615. The monoisotopic (exact) mass is 234 g/mol. The average Bonchev–Trinajstić information content (AvgIpc) is 2.38. The summed E-state index contributed by atoms with van der Waals surface area (Å²) in [5.41, 5.74) is 1.34. The Bertz CT molecular complexity index is 345. The summed E-state index contributed by atoms with van der Waals surface area (Å²) in [6.07, 6.45) is 2.95. The predicted molar refractivity (Wildman–Crippen MR) is 71.6 cm³/mol. The van der Waals surface area contributed by atoms with E-state index >= 15 is 0 Å². The lowest BCUT2D eigenvalue weighted by molar-refractivity contribution is 0.244. The number of anilines is 1. The van der Waals surface area contributed by atoms with Gasteiger partial charge in [0, 0.05) is 53.0 Å². The minimum Gasteiger partial charge on any atom is -0.363 e. The van der Waals surface area contributed by atoms with Crippen LogP contribution in [0.1, 0.15) is 5.56 Å². The Morgan fingerprint density at radius 3 is 2.82 bits per heavy atom. The van der Waals surface area contributed by atoms with E-state index in [1.165, 1.54) is 5.56 Å². The predicted octanol–water partition coefficient (Wildman–Crippen LogP) is 0.595. The molecule has 0 radical (unpaired) electrons. The Hall–Kier alpha value is -1.13. The Morgan fingerprint density at radius 2 is 2.12 bits per heavy atom. The molecule has 0 aliphatic carbocycles. The minimum atomic E-state index is 1.08. The lowest BCUT2D eigenvalue weighted by Gasteiger charge is -2.27. The van der Waals surface area contributed by atoms with Gasteiger partial charge < -0.3 is 15.1 Å². The minimum absolute atomic E-state index is 1.08. The number of aromatic nitrogens is 1. The van der Waals surface area contributed by atoms with E-state index in [4.69, 9.17) is 0 Å².